The van der Waals surface area contributed by atoms with Crippen molar-refractivity contribution in [3.05, 3.63) is 98.3 Å². The van der Waals surface area contributed by atoms with Crippen LogP contribution in [-0.4, -0.2) is 10.7 Å². The van der Waals surface area contributed by atoms with Crippen molar-refractivity contribution in [3.63, 3.8) is 0 Å². The Morgan fingerprint density at radius 3 is 2.71 bits per heavy atom. The van der Waals surface area contributed by atoms with Crippen molar-refractivity contribution < 1.29 is 4.74 Å². The highest BCUT2D eigenvalue weighted by atomic mass is 127. The maximum Gasteiger partial charge on any atom is 0.123 e. The standard InChI is InChI=1S/C31H28INO/c1-19-7-13-30-26(15-19)27-17-21(9-14-31(27)34-30)20-8-11-28-24(16-20)25-18-22(32)10-12-29(25)33(28)23-5-3-2-4-6-23/h2-7,10,12-13,15-16,18,21,27,31H,8-9,11,14,17H2,1H3/t21?,27?,31-/m0/s1. The van der Waals surface area contributed by atoms with Crippen LogP contribution in [0.4, 0.5) is 0 Å². The zero-order valence-corrected chi connectivity index (χ0v) is 21.6. The lowest BCUT2D eigenvalue weighted by Crippen LogP contribution is -2.28. The van der Waals surface area contributed by atoms with E-state index < -0.39 is 0 Å². The molecule has 1 fully saturated rings. The summed E-state index contributed by atoms with van der Waals surface area (Å²) < 4.78 is 10.2. The largest absolute Gasteiger partial charge is 0.489 e. The highest BCUT2D eigenvalue weighted by Gasteiger charge is 2.40. The van der Waals surface area contributed by atoms with Crippen LogP contribution in [0.25, 0.3) is 22.7 Å². The van der Waals surface area contributed by atoms with Gasteiger partial charge in [0.05, 0.1) is 5.52 Å². The van der Waals surface area contributed by atoms with Gasteiger partial charge in [-0.3, -0.25) is 0 Å². The Balaban J connectivity index is 1.30. The third-order valence-electron chi connectivity index (χ3n) is 8.22. The molecule has 1 saturated carbocycles. The molecule has 2 aliphatic carbocycles. The number of rotatable bonds is 2. The molecular formula is C31H28INO. The van der Waals surface area contributed by atoms with Crippen molar-refractivity contribution in [2.75, 3.05) is 0 Å². The summed E-state index contributed by atoms with van der Waals surface area (Å²) in [6, 6.07) is 24.5. The van der Waals surface area contributed by atoms with Crippen LogP contribution in [0.15, 0.2) is 72.3 Å². The Hall–Kier alpha value is -2.53. The molecule has 0 bridgehead atoms. The van der Waals surface area contributed by atoms with E-state index in [1.165, 1.54) is 55.4 Å². The first-order chi connectivity index (χ1) is 16.7. The summed E-state index contributed by atoms with van der Waals surface area (Å²) >= 11 is 2.45. The van der Waals surface area contributed by atoms with Gasteiger partial charge in [0.2, 0.25) is 0 Å². The molecule has 3 aliphatic rings. The highest BCUT2D eigenvalue weighted by molar-refractivity contribution is 14.1. The second-order valence-corrected chi connectivity index (χ2v) is 11.5. The van der Waals surface area contributed by atoms with Crippen LogP contribution in [0.1, 0.15) is 54.0 Å². The molecule has 2 nitrogen and oxygen atoms in total. The number of ether oxygens (including phenoxy) is 1. The van der Waals surface area contributed by atoms with E-state index in [0.29, 0.717) is 17.9 Å². The van der Waals surface area contributed by atoms with Crippen LogP contribution in [0, 0.1) is 16.4 Å². The van der Waals surface area contributed by atoms with E-state index in [-0.39, 0.29) is 0 Å². The number of hydrogen-bond acceptors (Lipinski definition) is 1. The Labute approximate surface area is 214 Å². The minimum Gasteiger partial charge on any atom is -0.489 e. The molecule has 0 saturated heterocycles. The second kappa shape index (κ2) is 8.01. The van der Waals surface area contributed by atoms with E-state index in [1.807, 2.05) is 0 Å². The number of para-hydroxylation sites is 1. The van der Waals surface area contributed by atoms with Crippen molar-refractivity contribution in [2.45, 2.75) is 51.0 Å². The fourth-order valence-corrected chi connectivity index (χ4v) is 7.13. The van der Waals surface area contributed by atoms with Gasteiger partial charge < -0.3 is 9.30 Å². The second-order valence-electron chi connectivity index (χ2n) is 10.2. The summed E-state index contributed by atoms with van der Waals surface area (Å²) in [6.45, 7) is 2.20. The molecule has 34 heavy (non-hydrogen) atoms. The fraction of sp³-hybridized carbons (Fsp3) is 0.290. The molecule has 0 radical (unpaired) electrons. The van der Waals surface area contributed by atoms with Crippen LogP contribution >= 0.6 is 22.6 Å². The first kappa shape index (κ1) is 20.8. The maximum atomic E-state index is 6.36. The monoisotopic (exact) mass is 557 g/mol. The molecule has 3 aromatic carbocycles. The van der Waals surface area contributed by atoms with Crippen molar-refractivity contribution in [2.24, 2.45) is 5.92 Å². The van der Waals surface area contributed by atoms with Gasteiger partial charge in [-0.1, -0.05) is 47.5 Å². The molecule has 170 valence electrons. The molecular weight excluding hydrogens is 529 g/mol. The SMILES string of the molecule is Cc1ccc2c(c1)C1CC(C3=Cc4c(n(-c5ccccc5)c5ccc(I)cc45)CC3)CC[C@@H]1O2. The molecule has 4 aromatic rings. The van der Waals surface area contributed by atoms with Gasteiger partial charge in [0.25, 0.3) is 0 Å². The van der Waals surface area contributed by atoms with E-state index in [2.05, 4.69) is 107 Å². The number of halogens is 1. The lowest BCUT2D eigenvalue weighted by atomic mass is 9.72. The normalized spacial score (nSPS) is 23.1. The van der Waals surface area contributed by atoms with Crippen molar-refractivity contribution in [3.8, 4) is 11.4 Å². The lowest BCUT2D eigenvalue weighted by molar-refractivity contribution is 0.145. The van der Waals surface area contributed by atoms with Crippen molar-refractivity contribution >= 4 is 39.6 Å². The minimum atomic E-state index is 0.370. The van der Waals surface area contributed by atoms with Gasteiger partial charge in [0, 0.05) is 37.4 Å². The number of aromatic nitrogens is 1. The Bertz CT molecular complexity index is 1450. The summed E-state index contributed by atoms with van der Waals surface area (Å²) in [5.41, 5.74) is 9.94. The van der Waals surface area contributed by atoms with Gasteiger partial charge in [0.15, 0.2) is 0 Å². The predicted molar refractivity (Wildman–Crippen MR) is 148 cm³/mol. The lowest BCUT2D eigenvalue weighted by Gasteiger charge is -2.33. The molecule has 1 aliphatic heterocycles. The van der Waals surface area contributed by atoms with Crippen molar-refractivity contribution in [1.29, 1.82) is 0 Å². The molecule has 1 aromatic heterocycles. The van der Waals surface area contributed by atoms with E-state index in [9.17, 15) is 0 Å². The quantitative estimate of drug-likeness (QED) is 0.227. The Morgan fingerprint density at radius 1 is 0.941 bits per heavy atom. The van der Waals surface area contributed by atoms with Gasteiger partial charge in [0.1, 0.15) is 11.9 Å². The van der Waals surface area contributed by atoms with E-state index in [0.717, 1.165) is 25.0 Å². The third-order valence-corrected chi connectivity index (χ3v) is 8.89. The molecule has 0 amide bonds. The summed E-state index contributed by atoms with van der Waals surface area (Å²) in [7, 11) is 0. The fourth-order valence-electron chi connectivity index (χ4n) is 6.64. The average molecular weight is 557 g/mol. The molecule has 0 spiro atoms. The number of aryl methyl sites for hydroxylation is 1. The van der Waals surface area contributed by atoms with Gasteiger partial charge in [-0.05, 0) is 104 Å². The van der Waals surface area contributed by atoms with Crippen LogP contribution in [-0.2, 0) is 6.42 Å². The summed E-state index contributed by atoms with van der Waals surface area (Å²) in [6.07, 6.45) is 8.83. The van der Waals surface area contributed by atoms with Gasteiger partial charge in [-0.2, -0.15) is 0 Å². The molecule has 7 rings (SSSR count). The Kier molecular flexibility index (Phi) is 4.90. The van der Waals surface area contributed by atoms with Crippen molar-refractivity contribution in [1.82, 2.24) is 4.57 Å². The first-order valence-electron chi connectivity index (χ1n) is 12.5. The van der Waals surface area contributed by atoms with Crippen LogP contribution in [0.3, 0.4) is 0 Å². The average Bonchev–Trinajstić information content (AvgIpc) is 3.38. The predicted octanol–water partition coefficient (Wildman–Crippen LogP) is 8.22. The molecule has 3 atom stereocenters. The van der Waals surface area contributed by atoms with Crippen LogP contribution in [0.5, 0.6) is 5.75 Å². The number of benzene rings is 3. The zero-order chi connectivity index (χ0) is 22.8. The molecule has 0 N–H and O–H groups in total. The minimum absolute atomic E-state index is 0.370. The van der Waals surface area contributed by atoms with Crippen LogP contribution < -0.4 is 4.74 Å². The molecule has 2 heterocycles. The number of allylic oxidation sites excluding steroid dienone is 1. The van der Waals surface area contributed by atoms with E-state index in [4.69, 9.17) is 4.74 Å². The van der Waals surface area contributed by atoms with E-state index in [1.54, 1.807) is 5.57 Å². The third kappa shape index (κ3) is 3.27. The topological polar surface area (TPSA) is 14.2 Å². The van der Waals surface area contributed by atoms with Gasteiger partial charge in [-0.15, -0.1) is 0 Å². The van der Waals surface area contributed by atoms with Gasteiger partial charge in [-0.25, -0.2) is 0 Å². The van der Waals surface area contributed by atoms with Crippen LogP contribution in [0.2, 0.25) is 0 Å². The smallest absolute Gasteiger partial charge is 0.123 e. The maximum absolute atomic E-state index is 6.36. The Morgan fingerprint density at radius 2 is 1.82 bits per heavy atom. The summed E-state index contributed by atoms with van der Waals surface area (Å²) in [5.74, 6) is 2.33. The summed E-state index contributed by atoms with van der Waals surface area (Å²) in [4.78, 5) is 0. The van der Waals surface area contributed by atoms with E-state index >= 15 is 0 Å². The van der Waals surface area contributed by atoms with Gasteiger partial charge >= 0.3 is 0 Å². The zero-order valence-electron chi connectivity index (χ0n) is 19.4. The first-order valence-corrected chi connectivity index (χ1v) is 13.6. The number of hydrogen-bond donors (Lipinski definition) is 0. The number of nitrogens with zero attached hydrogens (tertiary/aromatic N) is 1. The number of fused-ring (bicyclic) bond motifs is 6. The molecule has 3 heteroatoms. The summed E-state index contributed by atoms with van der Waals surface area (Å²) in [5, 5.41) is 1.39. The highest BCUT2D eigenvalue weighted by Crippen LogP contribution is 2.50. The molecule has 2 unspecified atom stereocenters.